The second-order valence-electron chi connectivity index (χ2n) is 5.66. The minimum atomic E-state index is -0.330. The van der Waals surface area contributed by atoms with Gasteiger partial charge in [0.05, 0.1) is 13.2 Å². The van der Waals surface area contributed by atoms with Crippen molar-refractivity contribution < 1.29 is 9.53 Å². The van der Waals surface area contributed by atoms with Gasteiger partial charge in [-0.3, -0.25) is 0 Å². The van der Waals surface area contributed by atoms with Crippen LogP contribution in [-0.4, -0.2) is 18.1 Å². The van der Waals surface area contributed by atoms with Gasteiger partial charge >= 0.3 is 6.03 Å². The lowest BCUT2D eigenvalue weighted by Crippen LogP contribution is -2.45. The third-order valence-electron chi connectivity index (χ3n) is 3.99. The van der Waals surface area contributed by atoms with Crippen LogP contribution in [0.5, 0.6) is 5.75 Å². The molecule has 2 aromatic rings. The zero-order valence-electron chi connectivity index (χ0n) is 14.0. The number of ether oxygens (including phenoxy) is 1. The maximum absolute atomic E-state index is 12.0. The number of methoxy groups -OCH3 is 1. The van der Waals surface area contributed by atoms with Crippen LogP contribution in [0.25, 0.3) is 0 Å². The first kappa shape index (κ1) is 17.0. The van der Waals surface area contributed by atoms with Gasteiger partial charge in [-0.2, -0.15) is 0 Å². The van der Waals surface area contributed by atoms with Crippen molar-refractivity contribution in [3.8, 4) is 5.75 Å². The number of carbonyl (C=O) groups excluding carboxylic acids is 1. The van der Waals surface area contributed by atoms with Crippen LogP contribution >= 0.6 is 12.2 Å². The SMILES string of the molecule is COc1ccc([C@H]2NC(=O)NC(C)=C2C(=S)Nc2ccccc2)cc1. The molecule has 1 heterocycles. The number of allylic oxidation sites excluding steroid dienone is 1. The Balaban J connectivity index is 1.93. The molecule has 0 saturated heterocycles. The predicted octanol–water partition coefficient (Wildman–Crippen LogP) is 3.76. The third kappa shape index (κ3) is 3.80. The van der Waals surface area contributed by atoms with Gasteiger partial charge < -0.3 is 20.7 Å². The van der Waals surface area contributed by atoms with Crippen molar-refractivity contribution in [1.29, 1.82) is 0 Å². The molecule has 0 unspecified atom stereocenters. The molecule has 3 N–H and O–H groups in total. The van der Waals surface area contributed by atoms with Gasteiger partial charge in [0, 0.05) is 17.0 Å². The molecule has 3 rings (SSSR count). The van der Waals surface area contributed by atoms with E-state index in [1.165, 1.54) is 0 Å². The van der Waals surface area contributed by atoms with Crippen LogP contribution in [0.1, 0.15) is 18.5 Å². The molecule has 1 atom stereocenters. The molecular weight excluding hydrogens is 334 g/mol. The van der Waals surface area contributed by atoms with E-state index in [1.807, 2.05) is 61.5 Å². The Kier molecular flexibility index (Phi) is 5.00. The molecule has 5 nitrogen and oxygen atoms in total. The summed E-state index contributed by atoms with van der Waals surface area (Å²) in [6.45, 7) is 1.85. The van der Waals surface area contributed by atoms with E-state index in [4.69, 9.17) is 17.0 Å². The van der Waals surface area contributed by atoms with Crippen LogP contribution in [-0.2, 0) is 0 Å². The highest BCUT2D eigenvalue weighted by Crippen LogP contribution is 2.29. The number of rotatable bonds is 4. The van der Waals surface area contributed by atoms with Crippen molar-refractivity contribution in [2.24, 2.45) is 0 Å². The van der Waals surface area contributed by atoms with Gasteiger partial charge in [-0.05, 0) is 36.8 Å². The third-order valence-corrected chi connectivity index (χ3v) is 4.32. The molecule has 6 heteroatoms. The molecule has 0 radical (unpaired) electrons. The fourth-order valence-electron chi connectivity index (χ4n) is 2.76. The number of amides is 2. The normalized spacial score (nSPS) is 16.7. The van der Waals surface area contributed by atoms with Crippen molar-refractivity contribution >= 4 is 28.9 Å². The predicted molar refractivity (Wildman–Crippen MR) is 103 cm³/mol. The van der Waals surface area contributed by atoms with Gasteiger partial charge in [-0.1, -0.05) is 42.5 Å². The standard InChI is InChI=1S/C19H19N3O2S/c1-12-16(18(25)21-14-6-4-3-5-7-14)17(22-19(23)20-12)13-8-10-15(24-2)11-9-13/h3-11,17H,1-2H3,(H,21,25)(H2,20,22,23)/t17-/m1/s1. The molecule has 0 aliphatic carbocycles. The highest BCUT2D eigenvalue weighted by molar-refractivity contribution is 7.81. The minimum Gasteiger partial charge on any atom is -0.497 e. The first-order valence-electron chi connectivity index (χ1n) is 7.87. The van der Waals surface area contributed by atoms with Crippen LogP contribution < -0.4 is 20.7 Å². The Morgan fingerprint density at radius 2 is 1.80 bits per heavy atom. The Morgan fingerprint density at radius 1 is 1.12 bits per heavy atom. The van der Waals surface area contributed by atoms with E-state index in [2.05, 4.69) is 16.0 Å². The quantitative estimate of drug-likeness (QED) is 0.733. The van der Waals surface area contributed by atoms with Crippen molar-refractivity contribution in [2.45, 2.75) is 13.0 Å². The summed E-state index contributed by atoms with van der Waals surface area (Å²) in [5.41, 5.74) is 3.40. The van der Waals surface area contributed by atoms with Crippen LogP contribution in [0.15, 0.2) is 65.9 Å². The Labute approximate surface area is 152 Å². The van der Waals surface area contributed by atoms with Gasteiger partial charge in [0.15, 0.2) is 0 Å². The molecule has 0 saturated carbocycles. The van der Waals surface area contributed by atoms with Gasteiger partial charge in [0.1, 0.15) is 10.7 Å². The van der Waals surface area contributed by atoms with Crippen LogP contribution in [0.2, 0.25) is 0 Å². The van der Waals surface area contributed by atoms with Gasteiger partial charge in [0.25, 0.3) is 0 Å². The molecule has 2 amide bonds. The van der Waals surface area contributed by atoms with Crippen molar-refractivity contribution in [3.05, 3.63) is 71.4 Å². The fraction of sp³-hybridized carbons (Fsp3) is 0.158. The lowest BCUT2D eigenvalue weighted by Gasteiger charge is -2.30. The molecule has 0 aromatic heterocycles. The van der Waals surface area contributed by atoms with Crippen molar-refractivity contribution in [2.75, 3.05) is 12.4 Å². The van der Waals surface area contributed by atoms with E-state index in [0.717, 1.165) is 28.3 Å². The summed E-state index contributed by atoms with van der Waals surface area (Å²) in [4.78, 5) is 12.5. The number of carbonyl (C=O) groups is 1. The average Bonchev–Trinajstić information content (AvgIpc) is 2.62. The second-order valence-corrected chi connectivity index (χ2v) is 6.07. The Morgan fingerprint density at radius 3 is 2.44 bits per heavy atom. The van der Waals surface area contributed by atoms with Gasteiger partial charge in [-0.15, -0.1) is 0 Å². The summed E-state index contributed by atoms with van der Waals surface area (Å²) in [6, 6.07) is 16.7. The van der Waals surface area contributed by atoms with Crippen LogP contribution in [0.3, 0.4) is 0 Å². The number of thiocarbonyl (C=S) groups is 1. The molecule has 0 spiro atoms. The number of urea groups is 1. The summed E-state index contributed by atoms with van der Waals surface area (Å²) < 4.78 is 5.20. The second kappa shape index (κ2) is 7.36. The summed E-state index contributed by atoms with van der Waals surface area (Å²) in [7, 11) is 1.62. The average molecular weight is 353 g/mol. The largest absolute Gasteiger partial charge is 0.497 e. The lowest BCUT2D eigenvalue weighted by molar-refractivity contribution is 0.239. The molecule has 25 heavy (non-hydrogen) atoms. The van der Waals surface area contributed by atoms with Gasteiger partial charge in [0.2, 0.25) is 0 Å². The van der Waals surface area contributed by atoms with Crippen molar-refractivity contribution in [1.82, 2.24) is 10.6 Å². The molecular formula is C19H19N3O2S. The molecule has 2 aromatic carbocycles. The molecule has 128 valence electrons. The zero-order valence-corrected chi connectivity index (χ0v) is 14.8. The Hall–Kier alpha value is -2.86. The van der Waals surface area contributed by atoms with Gasteiger partial charge in [-0.25, -0.2) is 4.79 Å². The molecule has 0 fully saturated rings. The number of hydrogen-bond donors (Lipinski definition) is 3. The van der Waals surface area contributed by atoms with E-state index in [9.17, 15) is 4.79 Å². The summed E-state index contributed by atoms with van der Waals surface area (Å²) in [5, 5.41) is 8.97. The highest BCUT2D eigenvalue weighted by atomic mass is 32.1. The van der Waals surface area contributed by atoms with E-state index < -0.39 is 0 Å². The summed E-state index contributed by atoms with van der Waals surface area (Å²) in [5.74, 6) is 0.760. The van der Waals surface area contributed by atoms with Crippen LogP contribution in [0.4, 0.5) is 10.5 Å². The molecule has 0 bridgehead atoms. The number of hydrogen-bond acceptors (Lipinski definition) is 3. The summed E-state index contributed by atoms with van der Waals surface area (Å²) >= 11 is 5.61. The fourth-order valence-corrected chi connectivity index (χ4v) is 3.15. The van der Waals surface area contributed by atoms with Crippen molar-refractivity contribution in [3.63, 3.8) is 0 Å². The number of nitrogens with one attached hydrogen (secondary N) is 3. The number of para-hydroxylation sites is 1. The number of anilines is 1. The molecule has 1 aliphatic heterocycles. The minimum absolute atomic E-state index is 0.246. The number of benzene rings is 2. The first-order chi connectivity index (χ1) is 12.1. The summed E-state index contributed by atoms with van der Waals surface area (Å²) in [6.07, 6.45) is 0. The Bertz CT molecular complexity index is 816. The molecule has 1 aliphatic rings. The van der Waals surface area contributed by atoms with Crippen LogP contribution in [0, 0.1) is 0 Å². The highest BCUT2D eigenvalue weighted by Gasteiger charge is 2.29. The lowest BCUT2D eigenvalue weighted by atomic mass is 9.95. The van der Waals surface area contributed by atoms with E-state index >= 15 is 0 Å². The smallest absolute Gasteiger partial charge is 0.319 e. The van der Waals surface area contributed by atoms with E-state index in [1.54, 1.807) is 7.11 Å². The first-order valence-corrected chi connectivity index (χ1v) is 8.28. The van der Waals surface area contributed by atoms with E-state index in [-0.39, 0.29) is 12.1 Å². The maximum atomic E-state index is 12.0. The monoisotopic (exact) mass is 353 g/mol. The zero-order chi connectivity index (χ0) is 17.8. The van der Waals surface area contributed by atoms with E-state index in [0.29, 0.717) is 4.99 Å². The maximum Gasteiger partial charge on any atom is 0.319 e. The topological polar surface area (TPSA) is 62.4 Å².